The molecule has 0 aliphatic carbocycles. The maximum Gasteiger partial charge on any atom is 0.224 e. The van der Waals surface area contributed by atoms with Crippen LogP contribution in [0, 0.1) is 0 Å². The van der Waals surface area contributed by atoms with Gasteiger partial charge in [0.15, 0.2) is 0 Å². The Bertz CT molecular complexity index is 700. The molecule has 2 aromatic carbocycles. The Balaban J connectivity index is 1.40. The van der Waals surface area contributed by atoms with Gasteiger partial charge in [-0.15, -0.1) is 0 Å². The summed E-state index contributed by atoms with van der Waals surface area (Å²) in [5.41, 5.74) is 2.42. The number of benzene rings is 2. The fourth-order valence-corrected chi connectivity index (χ4v) is 3.74. The molecule has 0 spiro atoms. The molecule has 4 nitrogen and oxygen atoms in total. The SMILES string of the molecule is COc1ccc(CC(=O)N[C@H]2CCCN(CCCc3ccccc3)C2)cc1. The summed E-state index contributed by atoms with van der Waals surface area (Å²) >= 11 is 0. The molecule has 0 saturated carbocycles. The lowest BCUT2D eigenvalue weighted by Gasteiger charge is -2.33. The predicted molar refractivity (Wildman–Crippen MR) is 109 cm³/mol. The van der Waals surface area contributed by atoms with E-state index in [1.807, 2.05) is 24.3 Å². The normalized spacial score (nSPS) is 17.4. The zero-order valence-electron chi connectivity index (χ0n) is 16.2. The Labute approximate surface area is 162 Å². The zero-order chi connectivity index (χ0) is 18.9. The molecule has 4 heteroatoms. The minimum Gasteiger partial charge on any atom is -0.497 e. The van der Waals surface area contributed by atoms with E-state index in [-0.39, 0.29) is 11.9 Å². The summed E-state index contributed by atoms with van der Waals surface area (Å²) in [7, 11) is 1.65. The van der Waals surface area contributed by atoms with Crippen molar-refractivity contribution >= 4 is 5.91 Å². The predicted octanol–water partition coefficient (Wildman–Crippen LogP) is 3.45. The molecule has 0 bridgehead atoms. The topological polar surface area (TPSA) is 41.6 Å². The zero-order valence-corrected chi connectivity index (χ0v) is 16.2. The van der Waals surface area contributed by atoms with Gasteiger partial charge in [-0.05, 0) is 62.0 Å². The highest BCUT2D eigenvalue weighted by Crippen LogP contribution is 2.14. The second-order valence-corrected chi connectivity index (χ2v) is 7.32. The van der Waals surface area contributed by atoms with E-state index in [1.165, 1.54) is 5.56 Å². The summed E-state index contributed by atoms with van der Waals surface area (Å²) in [4.78, 5) is 14.9. The van der Waals surface area contributed by atoms with Gasteiger partial charge in [-0.25, -0.2) is 0 Å². The third kappa shape index (κ3) is 6.40. The molecular formula is C23H30N2O2. The van der Waals surface area contributed by atoms with Crippen LogP contribution in [-0.2, 0) is 17.6 Å². The third-order valence-electron chi connectivity index (χ3n) is 5.18. The van der Waals surface area contributed by atoms with Gasteiger partial charge in [-0.1, -0.05) is 42.5 Å². The maximum atomic E-state index is 12.4. The van der Waals surface area contributed by atoms with Gasteiger partial charge in [0.25, 0.3) is 0 Å². The number of hydrogen-bond acceptors (Lipinski definition) is 3. The first kappa shape index (κ1) is 19.4. The van der Waals surface area contributed by atoms with Crippen LogP contribution >= 0.6 is 0 Å². The molecule has 1 atom stereocenters. The first-order valence-corrected chi connectivity index (χ1v) is 9.91. The number of carbonyl (C=O) groups excluding carboxylic acids is 1. The summed E-state index contributed by atoms with van der Waals surface area (Å²) in [5, 5.41) is 3.22. The van der Waals surface area contributed by atoms with Gasteiger partial charge in [0.05, 0.1) is 13.5 Å². The van der Waals surface area contributed by atoms with Gasteiger partial charge in [0, 0.05) is 12.6 Å². The minimum atomic E-state index is 0.108. The van der Waals surface area contributed by atoms with Crippen molar-refractivity contribution in [3.8, 4) is 5.75 Å². The molecule has 1 saturated heterocycles. The molecule has 1 fully saturated rings. The van der Waals surface area contributed by atoms with Gasteiger partial charge >= 0.3 is 0 Å². The van der Waals surface area contributed by atoms with Crippen LogP contribution in [0.5, 0.6) is 5.75 Å². The molecule has 0 radical (unpaired) electrons. The number of ether oxygens (including phenoxy) is 1. The lowest BCUT2D eigenvalue weighted by Crippen LogP contribution is -2.48. The van der Waals surface area contributed by atoms with Crippen molar-refractivity contribution in [1.29, 1.82) is 0 Å². The fraction of sp³-hybridized carbons (Fsp3) is 0.435. The monoisotopic (exact) mass is 366 g/mol. The van der Waals surface area contributed by atoms with E-state index < -0.39 is 0 Å². The number of nitrogens with zero attached hydrogens (tertiary/aromatic N) is 1. The van der Waals surface area contributed by atoms with Gasteiger partial charge in [0.2, 0.25) is 5.91 Å². The van der Waals surface area contributed by atoms with E-state index in [0.717, 1.165) is 56.6 Å². The molecule has 1 amide bonds. The highest BCUT2D eigenvalue weighted by Gasteiger charge is 2.21. The van der Waals surface area contributed by atoms with Gasteiger partial charge in [-0.3, -0.25) is 4.79 Å². The largest absolute Gasteiger partial charge is 0.497 e. The van der Waals surface area contributed by atoms with Crippen molar-refractivity contribution in [2.75, 3.05) is 26.7 Å². The number of methoxy groups -OCH3 is 1. The van der Waals surface area contributed by atoms with Crippen LogP contribution < -0.4 is 10.1 Å². The number of piperidine rings is 1. The van der Waals surface area contributed by atoms with Crippen LogP contribution in [0.3, 0.4) is 0 Å². The second kappa shape index (κ2) is 10.1. The van der Waals surface area contributed by atoms with Crippen LogP contribution in [0.1, 0.15) is 30.4 Å². The van der Waals surface area contributed by atoms with Crippen molar-refractivity contribution in [1.82, 2.24) is 10.2 Å². The van der Waals surface area contributed by atoms with E-state index in [0.29, 0.717) is 6.42 Å². The Morgan fingerprint density at radius 1 is 1.11 bits per heavy atom. The highest BCUT2D eigenvalue weighted by atomic mass is 16.5. The molecule has 0 unspecified atom stereocenters. The van der Waals surface area contributed by atoms with Crippen molar-refractivity contribution in [3.05, 3.63) is 65.7 Å². The number of aryl methyl sites for hydroxylation is 1. The fourth-order valence-electron chi connectivity index (χ4n) is 3.74. The van der Waals surface area contributed by atoms with Gasteiger partial charge in [0.1, 0.15) is 5.75 Å². The number of hydrogen-bond donors (Lipinski definition) is 1. The number of nitrogens with one attached hydrogen (secondary N) is 1. The molecule has 2 aromatic rings. The lowest BCUT2D eigenvalue weighted by atomic mass is 10.0. The molecule has 0 aromatic heterocycles. The first-order chi connectivity index (χ1) is 13.2. The number of rotatable bonds is 8. The molecule has 144 valence electrons. The molecular weight excluding hydrogens is 336 g/mol. The van der Waals surface area contributed by atoms with E-state index in [9.17, 15) is 4.79 Å². The van der Waals surface area contributed by atoms with Crippen LogP contribution in [0.25, 0.3) is 0 Å². The molecule has 3 rings (SSSR count). The smallest absolute Gasteiger partial charge is 0.224 e. The summed E-state index contributed by atoms with van der Waals surface area (Å²) in [6.07, 6.45) is 4.93. The van der Waals surface area contributed by atoms with E-state index in [1.54, 1.807) is 7.11 Å². The van der Waals surface area contributed by atoms with Crippen LogP contribution in [0.2, 0.25) is 0 Å². The number of likely N-dealkylation sites (tertiary alicyclic amines) is 1. The van der Waals surface area contributed by atoms with E-state index in [2.05, 4.69) is 40.5 Å². The summed E-state index contributed by atoms with van der Waals surface area (Å²) in [5.74, 6) is 0.925. The summed E-state index contributed by atoms with van der Waals surface area (Å²) < 4.78 is 5.16. The highest BCUT2D eigenvalue weighted by molar-refractivity contribution is 5.78. The van der Waals surface area contributed by atoms with Crippen molar-refractivity contribution in [2.45, 2.75) is 38.1 Å². The Morgan fingerprint density at radius 3 is 2.63 bits per heavy atom. The van der Waals surface area contributed by atoms with Crippen molar-refractivity contribution in [2.24, 2.45) is 0 Å². The van der Waals surface area contributed by atoms with E-state index >= 15 is 0 Å². The summed E-state index contributed by atoms with van der Waals surface area (Å²) in [6.45, 7) is 3.20. The van der Waals surface area contributed by atoms with Gasteiger partial charge in [-0.2, -0.15) is 0 Å². The minimum absolute atomic E-state index is 0.108. The second-order valence-electron chi connectivity index (χ2n) is 7.32. The molecule has 27 heavy (non-hydrogen) atoms. The van der Waals surface area contributed by atoms with E-state index in [4.69, 9.17) is 4.74 Å². The third-order valence-corrected chi connectivity index (χ3v) is 5.18. The average molecular weight is 367 g/mol. The van der Waals surface area contributed by atoms with Gasteiger partial charge < -0.3 is 15.0 Å². The maximum absolute atomic E-state index is 12.4. The summed E-state index contributed by atoms with van der Waals surface area (Å²) in [6, 6.07) is 18.6. The van der Waals surface area contributed by atoms with Crippen LogP contribution in [0.4, 0.5) is 0 Å². The Hall–Kier alpha value is -2.33. The Kier molecular flexibility index (Phi) is 7.28. The standard InChI is InChI=1S/C23H30N2O2/c1-27-22-13-11-20(12-14-22)17-23(26)24-21-10-6-16-25(18-21)15-5-9-19-7-3-2-4-8-19/h2-4,7-8,11-14,21H,5-6,9-10,15-18H2,1H3,(H,24,26)/t21-/m0/s1. The first-order valence-electron chi connectivity index (χ1n) is 9.91. The molecule has 1 aliphatic heterocycles. The van der Waals surface area contributed by atoms with Crippen LogP contribution in [0.15, 0.2) is 54.6 Å². The number of carbonyl (C=O) groups is 1. The molecule has 1 heterocycles. The lowest BCUT2D eigenvalue weighted by molar-refractivity contribution is -0.121. The van der Waals surface area contributed by atoms with Crippen molar-refractivity contribution in [3.63, 3.8) is 0 Å². The molecule has 1 N–H and O–H groups in total. The Morgan fingerprint density at radius 2 is 1.89 bits per heavy atom. The van der Waals surface area contributed by atoms with Crippen LogP contribution in [-0.4, -0.2) is 43.6 Å². The number of amides is 1. The average Bonchev–Trinajstić information content (AvgIpc) is 2.70. The van der Waals surface area contributed by atoms with Crippen molar-refractivity contribution < 1.29 is 9.53 Å². The molecule has 1 aliphatic rings. The quantitative estimate of drug-likeness (QED) is 0.778.